The summed E-state index contributed by atoms with van der Waals surface area (Å²) >= 11 is 0. The Labute approximate surface area is 149 Å². The van der Waals surface area contributed by atoms with E-state index in [-0.39, 0.29) is 18.3 Å². The van der Waals surface area contributed by atoms with Gasteiger partial charge < -0.3 is 9.73 Å². The molecule has 0 bridgehead atoms. The second-order valence-corrected chi connectivity index (χ2v) is 6.31. The number of nitrogens with one attached hydrogen (secondary N) is 1. The van der Waals surface area contributed by atoms with E-state index in [4.69, 9.17) is 4.42 Å². The normalized spacial score (nSPS) is 11.3. The number of benzene rings is 1. The summed E-state index contributed by atoms with van der Waals surface area (Å²) in [6.45, 7) is 3.43. The molecule has 2 aromatic heterocycles. The second kappa shape index (κ2) is 6.95. The van der Waals surface area contributed by atoms with Crippen molar-refractivity contribution in [2.24, 2.45) is 0 Å². The molecule has 1 amide bonds. The summed E-state index contributed by atoms with van der Waals surface area (Å²) in [7, 11) is 0. The Balaban J connectivity index is 1.82. The lowest BCUT2D eigenvalue weighted by Gasteiger charge is -2.25. The van der Waals surface area contributed by atoms with E-state index in [2.05, 4.69) is 10.4 Å². The van der Waals surface area contributed by atoms with E-state index in [0.29, 0.717) is 11.5 Å². The fourth-order valence-electron chi connectivity index (χ4n) is 2.46. The van der Waals surface area contributed by atoms with Crippen LogP contribution in [0.15, 0.2) is 64.0 Å². The Hall–Kier alpha value is -3.22. The summed E-state index contributed by atoms with van der Waals surface area (Å²) in [5, 5.41) is 7.03. The van der Waals surface area contributed by atoms with E-state index in [1.165, 1.54) is 24.5 Å². The van der Waals surface area contributed by atoms with Crippen LogP contribution in [-0.2, 0) is 16.9 Å². The molecule has 0 unspecified atom stereocenters. The van der Waals surface area contributed by atoms with E-state index < -0.39 is 11.1 Å². The van der Waals surface area contributed by atoms with Gasteiger partial charge in [0.15, 0.2) is 5.76 Å². The molecule has 3 rings (SSSR count). The van der Waals surface area contributed by atoms with E-state index in [1.807, 2.05) is 0 Å². The molecule has 0 aliphatic carbocycles. The molecular formula is C19H18FN3O3. The molecule has 1 N–H and O–H groups in total. The average Bonchev–Trinajstić information content (AvgIpc) is 3.16. The van der Waals surface area contributed by atoms with Crippen LogP contribution in [0.25, 0.3) is 11.5 Å². The molecule has 26 heavy (non-hydrogen) atoms. The van der Waals surface area contributed by atoms with Gasteiger partial charge >= 0.3 is 0 Å². The predicted molar refractivity (Wildman–Crippen MR) is 93.8 cm³/mol. The Morgan fingerprint density at radius 3 is 2.58 bits per heavy atom. The Morgan fingerprint density at radius 2 is 1.92 bits per heavy atom. The number of halogens is 1. The third kappa shape index (κ3) is 3.56. The van der Waals surface area contributed by atoms with Crippen molar-refractivity contribution in [3.8, 4) is 11.5 Å². The van der Waals surface area contributed by atoms with Crippen molar-refractivity contribution in [3.63, 3.8) is 0 Å². The van der Waals surface area contributed by atoms with E-state index in [9.17, 15) is 14.0 Å². The molecule has 0 aliphatic heterocycles. The van der Waals surface area contributed by atoms with Crippen molar-refractivity contribution < 1.29 is 13.6 Å². The number of aromatic nitrogens is 2. The molecule has 7 heteroatoms. The Morgan fingerprint density at radius 1 is 1.19 bits per heavy atom. The molecule has 0 spiro atoms. The summed E-state index contributed by atoms with van der Waals surface area (Å²) < 4.78 is 19.4. The SMILES string of the molecule is CC(C)(C(=O)NCc1ccc(F)cc1)n1nc(-c2ccco2)ccc1=O. The zero-order chi connectivity index (χ0) is 18.7. The summed E-state index contributed by atoms with van der Waals surface area (Å²) in [6, 6.07) is 12.2. The lowest BCUT2D eigenvalue weighted by Crippen LogP contribution is -2.49. The highest BCUT2D eigenvalue weighted by molar-refractivity contribution is 5.83. The van der Waals surface area contributed by atoms with Gasteiger partial charge in [0, 0.05) is 12.6 Å². The predicted octanol–water partition coefficient (Wildman–Crippen LogP) is 2.69. The van der Waals surface area contributed by atoms with Crippen molar-refractivity contribution in [1.29, 1.82) is 0 Å². The number of hydrogen-bond acceptors (Lipinski definition) is 4. The van der Waals surface area contributed by atoms with Crippen LogP contribution in [0.5, 0.6) is 0 Å². The van der Waals surface area contributed by atoms with Crippen LogP contribution in [0.4, 0.5) is 4.39 Å². The van der Waals surface area contributed by atoms with Gasteiger partial charge in [-0.2, -0.15) is 5.10 Å². The van der Waals surface area contributed by atoms with Crippen LogP contribution in [0.1, 0.15) is 19.4 Å². The summed E-state index contributed by atoms with van der Waals surface area (Å²) in [5.74, 6) is -0.222. The topological polar surface area (TPSA) is 77.1 Å². The molecule has 0 radical (unpaired) electrons. The van der Waals surface area contributed by atoms with Crippen molar-refractivity contribution >= 4 is 5.91 Å². The smallest absolute Gasteiger partial charge is 0.267 e. The lowest BCUT2D eigenvalue weighted by molar-refractivity contribution is -0.129. The Kier molecular flexibility index (Phi) is 4.71. The molecule has 2 heterocycles. The van der Waals surface area contributed by atoms with E-state index in [1.54, 1.807) is 44.2 Å². The van der Waals surface area contributed by atoms with E-state index >= 15 is 0 Å². The quantitative estimate of drug-likeness (QED) is 0.763. The zero-order valence-electron chi connectivity index (χ0n) is 14.4. The minimum absolute atomic E-state index is 0.217. The number of nitrogens with zero attached hydrogens (tertiary/aromatic N) is 2. The maximum absolute atomic E-state index is 13.0. The molecule has 0 aliphatic rings. The van der Waals surface area contributed by atoms with Crippen LogP contribution in [0.3, 0.4) is 0 Å². The molecule has 3 aromatic rings. The number of furan rings is 1. The van der Waals surface area contributed by atoms with Gasteiger partial charge in [-0.1, -0.05) is 12.1 Å². The van der Waals surface area contributed by atoms with Crippen LogP contribution < -0.4 is 10.9 Å². The van der Waals surface area contributed by atoms with Gasteiger partial charge in [0.2, 0.25) is 5.91 Å². The van der Waals surface area contributed by atoms with Gasteiger partial charge in [-0.25, -0.2) is 9.07 Å². The molecule has 6 nitrogen and oxygen atoms in total. The lowest BCUT2D eigenvalue weighted by atomic mass is 10.0. The van der Waals surface area contributed by atoms with Gasteiger partial charge in [0.05, 0.1) is 6.26 Å². The highest BCUT2D eigenvalue weighted by atomic mass is 19.1. The van der Waals surface area contributed by atoms with Crippen molar-refractivity contribution in [2.45, 2.75) is 25.9 Å². The molecule has 0 saturated heterocycles. The van der Waals surface area contributed by atoms with Crippen LogP contribution in [0.2, 0.25) is 0 Å². The zero-order valence-corrected chi connectivity index (χ0v) is 14.4. The third-order valence-corrected chi connectivity index (χ3v) is 4.03. The highest BCUT2D eigenvalue weighted by Crippen LogP contribution is 2.18. The van der Waals surface area contributed by atoms with Crippen LogP contribution in [-0.4, -0.2) is 15.7 Å². The minimum Gasteiger partial charge on any atom is -0.463 e. The number of amides is 1. The maximum atomic E-state index is 13.0. The minimum atomic E-state index is -1.22. The number of rotatable bonds is 5. The average molecular weight is 355 g/mol. The number of carbonyl (C=O) groups is 1. The summed E-state index contributed by atoms with van der Waals surface area (Å²) in [4.78, 5) is 24.9. The van der Waals surface area contributed by atoms with Crippen molar-refractivity contribution in [1.82, 2.24) is 15.1 Å². The third-order valence-electron chi connectivity index (χ3n) is 4.03. The largest absolute Gasteiger partial charge is 0.463 e. The molecule has 0 fully saturated rings. The van der Waals surface area contributed by atoms with Gasteiger partial charge in [-0.15, -0.1) is 0 Å². The fourth-order valence-corrected chi connectivity index (χ4v) is 2.46. The first kappa shape index (κ1) is 17.6. The first-order chi connectivity index (χ1) is 12.4. The molecule has 0 atom stereocenters. The number of carbonyl (C=O) groups excluding carboxylic acids is 1. The molecule has 0 saturated carbocycles. The van der Waals surface area contributed by atoms with E-state index in [0.717, 1.165) is 10.2 Å². The monoisotopic (exact) mass is 355 g/mol. The summed E-state index contributed by atoms with van der Waals surface area (Å²) in [6.07, 6.45) is 1.51. The highest BCUT2D eigenvalue weighted by Gasteiger charge is 2.32. The van der Waals surface area contributed by atoms with Crippen LogP contribution in [0, 0.1) is 5.82 Å². The maximum Gasteiger partial charge on any atom is 0.267 e. The molecular weight excluding hydrogens is 337 g/mol. The van der Waals surface area contributed by atoms with Gasteiger partial charge in [0.1, 0.15) is 17.1 Å². The van der Waals surface area contributed by atoms with Gasteiger partial charge in [0.25, 0.3) is 5.56 Å². The van der Waals surface area contributed by atoms with Crippen molar-refractivity contribution in [2.75, 3.05) is 0 Å². The first-order valence-corrected chi connectivity index (χ1v) is 8.05. The summed E-state index contributed by atoms with van der Waals surface area (Å²) in [5.41, 5.74) is -0.420. The van der Waals surface area contributed by atoms with Gasteiger partial charge in [-0.3, -0.25) is 9.59 Å². The number of hydrogen-bond donors (Lipinski definition) is 1. The van der Waals surface area contributed by atoms with Crippen molar-refractivity contribution in [3.05, 3.63) is 76.5 Å². The van der Waals surface area contributed by atoms with Crippen LogP contribution >= 0.6 is 0 Å². The van der Waals surface area contributed by atoms with Gasteiger partial charge in [-0.05, 0) is 49.7 Å². The Bertz CT molecular complexity index is 960. The molecule has 134 valence electrons. The second-order valence-electron chi connectivity index (χ2n) is 6.31. The first-order valence-electron chi connectivity index (χ1n) is 8.05. The standard InChI is InChI=1S/C19H18FN3O3/c1-19(2,18(25)21-12-13-5-7-14(20)8-6-13)23-17(24)10-9-15(22-23)16-4-3-11-26-16/h3-11H,12H2,1-2H3,(H,21,25). The molecule has 1 aromatic carbocycles. The fraction of sp³-hybridized carbons (Fsp3) is 0.211.